The van der Waals surface area contributed by atoms with Crippen molar-refractivity contribution < 1.29 is 13.6 Å². The second-order valence-corrected chi connectivity index (χ2v) is 4.99. The number of ketones is 1. The molecule has 0 aliphatic carbocycles. The van der Waals surface area contributed by atoms with Gasteiger partial charge in [-0.15, -0.1) is 5.10 Å². The van der Waals surface area contributed by atoms with Gasteiger partial charge in [-0.1, -0.05) is 17.3 Å². The van der Waals surface area contributed by atoms with Crippen LogP contribution in [0.3, 0.4) is 0 Å². The van der Waals surface area contributed by atoms with Crippen molar-refractivity contribution in [2.45, 2.75) is 6.04 Å². The van der Waals surface area contributed by atoms with Gasteiger partial charge < -0.3 is 9.73 Å². The van der Waals surface area contributed by atoms with Crippen LogP contribution in [0.15, 0.2) is 34.9 Å². The monoisotopic (exact) mass is 286 g/mol. The number of fused-ring (bicyclic) bond motifs is 1. The molecule has 3 heterocycles. The van der Waals surface area contributed by atoms with E-state index in [-0.39, 0.29) is 23.1 Å². The van der Waals surface area contributed by atoms with Gasteiger partial charge in [-0.3, -0.25) is 4.79 Å². The summed E-state index contributed by atoms with van der Waals surface area (Å²) >= 11 is 0. The largest absolute Gasteiger partial charge is 0.449 e. The van der Waals surface area contributed by atoms with Gasteiger partial charge in [0.05, 0.1) is 12.2 Å². The standard InChI is InChI=1S/C14H11FN4O2/c15-10-3-1-2-8-4-12(21-14(8)10)13(20)11-7-19(18-17-11)9-5-16-6-9/h1-4,7,9,16H,5-6H2. The van der Waals surface area contributed by atoms with Crippen molar-refractivity contribution in [2.24, 2.45) is 0 Å². The van der Waals surface area contributed by atoms with Crippen molar-refractivity contribution in [2.75, 3.05) is 13.1 Å². The number of benzene rings is 1. The summed E-state index contributed by atoms with van der Waals surface area (Å²) in [6, 6.07) is 6.30. The molecular formula is C14H11FN4O2. The Morgan fingerprint density at radius 3 is 3.00 bits per heavy atom. The number of nitrogens with one attached hydrogen (secondary N) is 1. The molecule has 106 valence electrons. The van der Waals surface area contributed by atoms with Crippen LogP contribution in [-0.2, 0) is 0 Å². The third-order valence-electron chi connectivity index (χ3n) is 3.60. The fraction of sp³-hybridized carbons (Fsp3) is 0.214. The maximum Gasteiger partial charge on any atom is 0.250 e. The van der Waals surface area contributed by atoms with Gasteiger partial charge in [0.1, 0.15) is 0 Å². The lowest BCUT2D eigenvalue weighted by molar-refractivity contribution is 0.101. The van der Waals surface area contributed by atoms with Crippen LogP contribution in [0.5, 0.6) is 0 Å². The van der Waals surface area contributed by atoms with Crippen LogP contribution in [0.25, 0.3) is 11.0 Å². The van der Waals surface area contributed by atoms with Crippen molar-refractivity contribution in [1.29, 1.82) is 0 Å². The van der Waals surface area contributed by atoms with Crippen molar-refractivity contribution >= 4 is 16.8 Å². The summed E-state index contributed by atoms with van der Waals surface area (Å²) in [5.41, 5.74) is 0.276. The number of nitrogens with zero attached hydrogens (tertiary/aromatic N) is 3. The van der Waals surface area contributed by atoms with Crippen LogP contribution in [0, 0.1) is 5.82 Å². The number of hydrogen-bond acceptors (Lipinski definition) is 5. The number of carbonyl (C=O) groups excluding carboxylic acids is 1. The van der Waals surface area contributed by atoms with Gasteiger partial charge >= 0.3 is 0 Å². The topological polar surface area (TPSA) is 73.0 Å². The van der Waals surface area contributed by atoms with Gasteiger partial charge in [-0.25, -0.2) is 9.07 Å². The molecule has 1 aliphatic heterocycles. The molecule has 0 radical (unpaired) electrons. The summed E-state index contributed by atoms with van der Waals surface area (Å²) in [6.07, 6.45) is 1.59. The molecule has 0 bridgehead atoms. The normalized spacial score (nSPS) is 15.3. The van der Waals surface area contributed by atoms with Crippen molar-refractivity contribution in [3.05, 3.63) is 47.7 Å². The molecule has 6 nitrogen and oxygen atoms in total. The maximum atomic E-state index is 13.6. The molecule has 1 aliphatic rings. The fourth-order valence-electron chi connectivity index (χ4n) is 2.29. The minimum absolute atomic E-state index is 0.0638. The quantitative estimate of drug-likeness (QED) is 0.739. The first-order valence-electron chi connectivity index (χ1n) is 6.58. The summed E-state index contributed by atoms with van der Waals surface area (Å²) in [5, 5.41) is 11.5. The average molecular weight is 286 g/mol. The Morgan fingerprint density at radius 2 is 2.29 bits per heavy atom. The zero-order chi connectivity index (χ0) is 14.4. The molecule has 0 amide bonds. The van der Waals surface area contributed by atoms with Crippen LogP contribution in [0.4, 0.5) is 4.39 Å². The Morgan fingerprint density at radius 1 is 1.43 bits per heavy atom. The van der Waals surface area contributed by atoms with E-state index >= 15 is 0 Å². The Balaban J connectivity index is 1.69. The SMILES string of the molecule is O=C(c1cn(C2CNC2)nn1)c1cc2cccc(F)c2o1. The zero-order valence-corrected chi connectivity index (χ0v) is 10.9. The number of carbonyl (C=O) groups is 1. The highest BCUT2D eigenvalue weighted by Gasteiger charge is 2.23. The maximum absolute atomic E-state index is 13.6. The van der Waals surface area contributed by atoms with E-state index in [1.54, 1.807) is 23.0 Å². The molecular weight excluding hydrogens is 275 g/mol. The lowest BCUT2D eigenvalue weighted by Gasteiger charge is -2.26. The Hall–Kier alpha value is -2.54. The molecule has 21 heavy (non-hydrogen) atoms. The highest BCUT2D eigenvalue weighted by molar-refractivity contribution is 6.07. The first kappa shape index (κ1) is 12.2. The Kier molecular flexibility index (Phi) is 2.61. The van der Waals surface area contributed by atoms with Crippen LogP contribution in [0.2, 0.25) is 0 Å². The van der Waals surface area contributed by atoms with Crippen LogP contribution >= 0.6 is 0 Å². The minimum atomic E-state index is -0.490. The molecule has 1 saturated heterocycles. The van der Waals surface area contributed by atoms with Crippen molar-refractivity contribution in [3.8, 4) is 0 Å². The molecule has 4 rings (SSSR count). The summed E-state index contributed by atoms with van der Waals surface area (Å²) < 4.78 is 20.6. The van der Waals surface area contributed by atoms with E-state index < -0.39 is 11.6 Å². The van der Waals surface area contributed by atoms with E-state index in [2.05, 4.69) is 15.6 Å². The summed E-state index contributed by atoms with van der Waals surface area (Å²) in [4.78, 5) is 12.3. The van der Waals surface area contributed by atoms with Gasteiger partial charge in [0.25, 0.3) is 0 Å². The number of rotatable bonds is 3. The predicted octanol–water partition coefficient (Wildman–Crippen LogP) is 1.54. The van der Waals surface area contributed by atoms with Gasteiger partial charge in [0.15, 0.2) is 22.9 Å². The second kappa shape index (κ2) is 4.49. The predicted molar refractivity (Wildman–Crippen MR) is 71.5 cm³/mol. The van der Waals surface area contributed by atoms with Crippen LogP contribution in [0.1, 0.15) is 22.3 Å². The number of aromatic nitrogens is 3. The van der Waals surface area contributed by atoms with Gasteiger partial charge in [0.2, 0.25) is 5.78 Å². The number of halogens is 1. The molecule has 1 N–H and O–H groups in total. The molecule has 1 aromatic carbocycles. The van der Waals surface area contributed by atoms with E-state index in [1.165, 1.54) is 12.1 Å². The Bertz CT molecular complexity index is 834. The summed E-state index contributed by atoms with van der Waals surface area (Å²) in [5.74, 6) is -0.825. The number of para-hydroxylation sites is 1. The number of furan rings is 1. The molecule has 2 aromatic heterocycles. The van der Waals surface area contributed by atoms with E-state index in [9.17, 15) is 9.18 Å². The fourth-order valence-corrected chi connectivity index (χ4v) is 2.29. The van der Waals surface area contributed by atoms with Gasteiger partial charge in [-0.2, -0.15) is 0 Å². The van der Waals surface area contributed by atoms with E-state index in [0.29, 0.717) is 5.39 Å². The van der Waals surface area contributed by atoms with E-state index in [4.69, 9.17) is 4.42 Å². The van der Waals surface area contributed by atoms with Crippen molar-refractivity contribution in [1.82, 2.24) is 20.3 Å². The van der Waals surface area contributed by atoms with E-state index in [0.717, 1.165) is 13.1 Å². The summed E-state index contributed by atoms with van der Waals surface area (Å²) in [6.45, 7) is 1.62. The molecule has 1 fully saturated rings. The van der Waals surface area contributed by atoms with Crippen LogP contribution < -0.4 is 5.32 Å². The van der Waals surface area contributed by atoms with E-state index in [1.807, 2.05) is 0 Å². The molecule has 0 unspecified atom stereocenters. The van der Waals surface area contributed by atoms with Gasteiger partial charge in [0, 0.05) is 18.5 Å². The zero-order valence-electron chi connectivity index (χ0n) is 10.9. The van der Waals surface area contributed by atoms with Crippen LogP contribution in [-0.4, -0.2) is 33.9 Å². The molecule has 3 aromatic rings. The molecule has 0 spiro atoms. The first-order valence-corrected chi connectivity index (χ1v) is 6.58. The Labute approximate surface area is 118 Å². The average Bonchev–Trinajstić information content (AvgIpc) is 3.03. The number of hydrogen-bond donors (Lipinski definition) is 1. The lowest BCUT2D eigenvalue weighted by atomic mass is 10.2. The summed E-state index contributed by atoms with van der Waals surface area (Å²) in [7, 11) is 0. The third-order valence-corrected chi connectivity index (χ3v) is 3.60. The van der Waals surface area contributed by atoms with Crippen molar-refractivity contribution in [3.63, 3.8) is 0 Å². The smallest absolute Gasteiger partial charge is 0.250 e. The highest BCUT2D eigenvalue weighted by atomic mass is 19.1. The second-order valence-electron chi connectivity index (χ2n) is 4.99. The molecule has 0 saturated carbocycles. The highest BCUT2D eigenvalue weighted by Crippen LogP contribution is 2.23. The third kappa shape index (κ3) is 1.93. The first-order chi connectivity index (χ1) is 10.2. The molecule has 0 atom stereocenters. The van der Waals surface area contributed by atoms with Gasteiger partial charge in [-0.05, 0) is 12.1 Å². The molecule has 7 heteroatoms. The minimum Gasteiger partial charge on any atom is -0.449 e. The lowest BCUT2D eigenvalue weighted by Crippen LogP contribution is -2.43.